The van der Waals surface area contributed by atoms with Crippen LogP contribution in [0, 0.1) is 0 Å². The van der Waals surface area contributed by atoms with Crippen molar-refractivity contribution in [1.82, 2.24) is 10.2 Å². The summed E-state index contributed by atoms with van der Waals surface area (Å²) in [5.74, 6) is 0.439. The summed E-state index contributed by atoms with van der Waals surface area (Å²) in [5.41, 5.74) is 1.77. The third-order valence-electron chi connectivity index (χ3n) is 4.15. The second kappa shape index (κ2) is 11.0. The smallest absolute Gasteiger partial charge is 0.242 e. The number of benzene rings is 2. The lowest BCUT2D eigenvalue weighted by atomic mass is 10.1. The van der Waals surface area contributed by atoms with Crippen LogP contribution in [0.5, 0.6) is 0 Å². The minimum absolute atomic E-state index is 0.133. The largest absolute Gasteiger partial charge is 0.357 e. The summed E-state index contributed by atoms with van der Waals surface area (Å²) in [6.07, 6.45) is 0. The molecule has 0 spiro atoms. The van der Waals surface area contributed by atoms with Crippen LogP contribution in [0.4, 0.5) is 0 Å². The summed E-state index contributed by atoms with van der Waals surface area (Å²) in [6.45, 7) is 2.01. The summed E-state index contributed by atoms with van der Waals surface area (Å²) in [5, 5.41) is 4.33. The number of amides is 2. The van der Waals surface area contributed by atoms with Gasteiger partial charge >= 0.3 is 0 Å². The number of nitrogens with zero attached hydrogens (tertiary/aromatic N) is 1. The highest BCUT2D eigenvalue weighted by Crippen LogP contribution is 2.25. The number of hydrogen-bond acceptors (Lipinski definition) is 3. The summed E-state index contributed by atoms with van der Waals surface area (Å²) in [4.78, 5) is 26.5. The molecule has 28 heavy (non-hydrogen) atoms. The molecule has 0 aromatic heterocycles. The molecule has 4 nitrogen and oxygen atoms in total. The zero-order chi connectivity index (χ0) is 20.7. The number of nitrogens with one attached hydrogen (secondary N) is 1. The molecule has 0 heterocycles. The number of thioether (sulfide) groups is 1. The molecule has 2 amide bonds. The summed E-state index contributed by atoms with van der Waals surface area (Å²) in [6, 6.07) is 12.0. The quantitative estimate of drug-likeness (QED) is 0.601. The van der Waals surface area contributed by atoms with Crippen molar-refractivity contribution in [3.8, 4) is 0 Å². The fourth-order valence-corrected chi connectivity index (χ4v) is 4.28. The monoisotopic (exact) mass is 458 g/mol. The molecule has 0 fully saturated rings. The lowest BCUT2D eigenvalue weighted by Gasteiger charge is -2.28. The number of carbonyl (C=O) groups is 2. The second-order valence-electron chi connectivity index (χ2n) is 6.17. The lowest BCUT2D eigenvalue weighted by molar-refractivity contribution is -0.138. The third-order valence-corrected chi connectivity index (χ3v) is 5.94. The van der Waals surface area contributed by atoms with Gasteiger partial charge in [-0.15, -0.1) is 11.8 Å². The summed E-state index contributed by atoms with van der Waals surface area (Å²) >= 11 is 19.6. The van der Waals surface area contributed by atoms with Gasteiger partial charge in [-0.25, -0.2) is 0 Å². The molecule has 2 aromatic rings. The van der Waals surface area contributed by atoms with Gasteiger partial charge in [-0.05, 0) is 42.3 Å². The molecule has 0 saturated heterocycles. The Balaban J connectivity index is 2.06. The topological polar surface area (TPSA) is 49.4 Å². The maximum absolute atomic E-state index is 12.9. The lowest BCUT2D eigenvalue weighted by Crippen LogP contribution is -2.47. The van der Waals surface area contributed by atoms with Gasteiger partial charge in [-0.2, -0.15) is 0 Å². The van der Waals surface area contributed by atoms with Crippen LogP contribution in [0.15, 0.2) is 42.5 Å². The standard InChI is InChI=1S/C20H21Cl3N2O2S/c1-13(20(27)24-2)25(10-14-4-3-5-16(21)8-14)19(26)12-28-11-15-6-7-17(22)9-18(15)23/h3-9,13H,10-12H2,1-2H3,(H,24,27)/t13-/m1/s1. The molecule has 150 valence electrons. The van der Waals surface area contributed by atoms with Crippen molar-refractivity contribution in [2.75, 3.05) is 12.8 Å². The first-order chi connectivity index (χ1) is 13.3. The van der Waals surface area contributed by atoms with E-state index in [4.69, 9.17) is 34.8 Å². The highest BCUT2D eigenvalue weighted by Gasteiger charge is 2.25. The van der Waals surface area contributed by atoms with E-state index >= 15 is 0 Å². The van der Waals surface area contributed by atoms with Crippen molar-refractivity contribution >= 4 is 58.4 Å². The van der Waals surface area contributed by atoms with E-state index in [1.807, 2.05) is 18.2 Å². The van der Waals surface area contributed by atoms with E-state index in [1.54, 1.807) is 43.1 Å². The predicted octanol–water partition coefficient (Wildman–Crippen LogP) is 5.04. The first-order valence-electron chi connectivity index (χ1n) is 8.59. The number of hydrogen-bond donors (Lipinski definition) is 1. The molecule has 0 aliphatic carbocycles. The Hall–Kier alpha value is -1.40. The molecule has 1 atom stereocenters. The Kier molecular flexibility index (Phi) is 8.96. The number of carbonyl (C=O) groups excluding carboxylic acids is 2. The van der Waals surface area contributed by atoms with Gasteiger partial charge in [0.25, 0.3) is 0 Å². The van der Waals surface area contributed by atoms with Gasteiger partial charge in [-0.1, -0.05) is 53.0 Å². The fourth-order valence-electron chi connectivity index (χ4n) is 2.59. The molecular formula is C20H21Cl3N2O2S. The number of halogens is 3. The van der Waals surface area contributed by atoms with Gasteiger partial charge in [0.15, 0.2) is 0 Å². The molecule has 0 aliphatic rings. The van der Waals surface area contributed by atoms with Crippen LogP contribution >= 0.6 is 46.6 Å². The molecular weight excluding hydrogens is 439 g/mol. The van der Waals surface area contributed by atoms with E-state index in [0.717, 1.165) is 11.1 Å². The van der Waals surface area contributed by atoms with Crippen LogP contribution < -0.4 is 5.32 Å². The van der Waals surface area contributed by atoms with Crippen LogP contribution in [0.2, 0.25) is 15.1 Å². The summed E-state index contributed by atoms with van der Waals surface area (Å²) < 4.78 is 0. The first kappa shape index (κ1) is 22.9. The van der Waals surface area contributed by atoms with Crippen molar-refractivity contribution in [2.24, 2.45) is 0 Å². The van der Waals surface area contributed by atoms with Crippen LogP contribution in [-0.4, -0.2) is 35.6 Å². The van der Waals surface area contributed by atoms with E-state index in [1.165, 1.54) is 11.8 Å². The van der Waals surface area contributed by atoms with Crippen LogP contribution in [0.3, 0.4) is 0 Å². The molecule has 0 unspecified atom stereocenters. The van der Waals surface area contributed by atoms with E-state index in [2.05, 4.69) is 5.32 Å². The van der Waals surface area contributed by atoms with E-state index in [-0.39, 0.29) is 17.6 Å². The first-order valence-corrected chi connectivity index (χ1v) is 10.9. The Labute approximate surface area is 184 Å². The Bertz CT molecular complexity index is 848. The van der Waals surface area contributed by atoms with Crippen LogP contribution in [0.1, 0.15) is 18.1 Å². The van der Waals surface area contributed by atoms with Crippen LogP contribution in [-0.2, 0) is 21.9 Å². The van der Waals surface area contributed by atoms with Crippen molar-refractivity contribution in [3.05, 3.63) is 68.7 Å². The number of rotatable bonds is 8. The SMILES string of the molecule is CNC(=O)[C@@H](C)N(Cc1cccc(Cl)c1)C(=O)CSCc1ccc(Cl)cc1Cl. The van der Waals surface area contributed by atoms with Gasteiger partial charge in [0, 0.05) is 34.4 Å². The van der Waals surface area contributed by atoms with E-state index < -0.39 is 6.04 Å². The highest BCUT2D eigenvalue weighted by molar-refractivity contribution is 7.99. The van der Waals surface area contributed by atoms with Gasteiger partial charge in [-0.3, -0.25) is 9.59 Å². The summed E-state index contributed by atoms with van der Waals surface area (Å²) in [7, 11) is 1.55. The predicted molar refractivity (Wildman–Crippen MR) is 118 cm³/mol. The van der Waals surface area contributed by atoms with Crippen molar-refractivity contribution in [1.29, 1.82) is 0 Å². The minimum atomic E-state index is -0.601. The van der Waals surface area contributed by atoms with Gasteiger partial charge in [0.1, 0.15) is 6.04 Å². The molecule has 0 saturated carbocycles. The van der Waals surface area contributed by atoms with Crippen molar-refractivity contribution in [3.63, 3.8) is 0 Å². The van der Waals surface area contributed by atoms with Gasteiger partial charge in [0.2, 0.25) is 11.8 Å². The van der Waals surface area contributed by atoms with Gasteiger partial charge < -0.3 is 10.2 Å². The Morgan fingerprint density at radius 3 is 2.46 bits per heavy atom. The molecule has 1 N–H and O–H groups in total. The Morgan fingerprint density at radius 2 is 1.82 bits per heavy atom. The average Bonchev–Trinajstić information content (AvgIpc) is 2.66. The molecule has 8 heteroatoms. The fraction of sp³-hybridized carbons (Fsp3) is 0.300. The third kappa shape index (κ3) is 6.59. The zero-order valence-corrected chi connectivity index (χ0v) is 18.6. The maximum atomic E-state index is 12.9. The van der Waals surface area contributed by atoms with Crippen molar-refractivity contribution < 1.29 is 9.59 Å². The molecule has 0 radical (unpaired) electrons. The normalized spacial score (nSPS) is 11.8. The Morgan fingerprint density at radius 1 is 1.11 bits per heavy atom. The minimum Gasteiger partial charge on any atom is -0.357 e. The molecule has 0 bridgehead atoms. The second-order valence-corrected chi connectivity index (χ2v) is 8.44. The number of likely N-dealkylation sites (N-methyl/N-ethyl adjacent to an activating group) is 1. The highest BCUT2D eigenvalue weighted by atomic mass is 35.5. The van der Waals surface area contributed by atoms with Crippen molar-refractivity contribution in [2.45, 2.75) is 25.3 Å². The van der Waals surface area contributed by atoms with Gasteiger partial charge in [0.05, 0.1) is 5.75 Å². The zero-order valence-electron chi connectivity index (χ0n) is 15.5. The molecule has 2 aromatic carbocycles. The van der Waals surface area contributed by atoms with E-state index in [0.29, 0.717) is 27.4 Å². The van der Waals surface area contributed by atoms with E-state index in [9.17, 15) is 9.59 Å². The average molecular weight is 460 g/mol. The van der Waals surface area contributed by atoms with Crippen LogP contribution in [0.25, 0.3) is 0 Å². The maximum Gasteiger partial charge on any atom is 0.242 e. The molecule has 2 rings (SSSR count). The molecule has 0 aliphatic heterocycles.